The molecule has 0 atom stereocenters. The molecule has 0 unspecified atom stereocenters. The highest BCUT2D eigenvalue weighted by molar-refractivity contribution is 6.30. The average Bonchev–Trinajstić information content (AvgIpc) is 3.22. The number of hydrogen-bond acceptors (Lipinski definition) is 5. The van der Waals surface area contributed by atoms with Gasteiger partial charge in [0.15, 0.2) is 0 Å². The van der Waals surface area contributed by atoms with E-state index in [1.807, 2.05) is 36.1 Å². The standard InChI is InChI=1S/C20H24ClN5O/c1-15-22-18(20(27)26-7-2-3-8-26)14-19(23-15)25-11-9-24(10-12-25)17-6-4-5-16(21)13-17/h4-6,13-14H,2-3,7-12H2,1H3. The quantitative estimate of drug-likeness (QED) is 0.813. The Morgan fingerprint density at radius 1 is 0.963 bits per heavy atom. The first-order valence-corrected chi connectivity index (χ1v) is 9.88. The maximum absolute atomic E-state index is 12.7. The molecule has 0 N–H and O–H groups in total. The zero-order chi connectivity index (χ0) is 18.8. The summed E-state index contributed by atoms with van der Waals surface area (Å²) in [6.45, 7) is 6.98. The molecule has 1 aromatic carbocycles. The highest BCUT2D eigenvalue weighted by Crippen LogP contribution is 2.23. The minimum atomic E-state index is 0.0248. The van der Waals surface area contributed by atoms with Gasteiger partial charge in [-0.1, -0.05) is 17.7 Å². The second kappa shape index (κ2) is 7.72. The average molecular weight is 386 g/mol. The van der Waals surface area contributed by atoms with Crippen molar-refractivity contribution in [1.82, 2.24) is 14.9 Å². The molecule has 6 nitrogen and oxygen atoms in total. The smallest absolute Gasteiger partial charge is 0.272 e. The number of carbonyl (C=O) groups excluding carboxylic acids is 1. The van der Waals surface area contributed by atoms with Crippen molar-refractivity contribution < 1.29 is 4.79 Å². The van der Waals surface area contributed by atoms with Gasteiger partial charge in [-0.3, -0.25) is 4.79 Å². The Morgan fingerprint density at radius 2 is 1.67 bits per heavy atom. The lowest BCUT2D eigenvalue weighted by molar-refractivity contribution is 0.0786. The van der Waals surface area contributed by atoms with E-state index in [4.69, 9.17) is 11.6 Å². The van der Waals surface area contributed by atoms with E-state index in [2.05, 4.69) is 25.8 Å². The Kier molecular flexibility index (Phi) is 5.16. The van der Waals surface area contributed by atoms with E-state index in [9.17, 15) is 4.79 Å². The molecule has 0 saturated carbocycles. The molecule has 1 amide bonds. The maximum atomic E-state index is 12.7. The number of nitrogens with zero attached hydrogens (tertiary/aromatic N) is 5. The molecule has 3 heterocycles. The minimum absolute atomic E-state index is 0.0248. The number of aromatic nitrogens is 2. The summed E-state index contributed by atoms with van der Waals surface area (Å²) < 4.78 is 0. The monoisotopic (exact) mass is 385 g/mol. The third-order valence-electron chi connectivity index (χ3n) is 5.21. The molecule has 4 rings (SSSR count). The van der Waals surface area contributed by atoms with Gasteiger partial charge in [-0.15, -0.1) is 0 Å². The van der Waals surface area contributed by atoms with E-state index in [0.29, 0.717) is 11.5 Å². The van der Waals surface area contributed by atoms with Crippen LogP contribution in [0.3, 0.4) is 0 Å². The SMILES string of the molecule is Cc1nc(C(=O)N2CCCC2)cc(N2CCN(c3cccc(Cl)c3)CC2)n1. The summed E-state index contributed by atoms with van der Waals surface area (Å²) in [5.74, 6) is 1.51. The Morgan fingerprint density at radius 3 is 2.37 bits per heavy atom. The van der Waals surface area contributed by atoms with Crippen molar-refractivity contribution >= 4 is 29.0 Å². The largest absolute Gasteiger partial charge is 0.368 e. The van der Waals surface area contributed by atoms with E-state index in [0.717, 1.165) is 68.6 Å². The number of carbonyl (C=O) groups is 1. The molecule has 2 aliphatic rings. The molecule has 2 saturated heterocycles. The van der Waals surface area contributed by atoms with Crippen molar-refractivity contribution in [3.8, 4) is 0 Å². The first-order valence-electron chi connectivity index (χ1n) is 9.50. The van der Waals surface area contributed by atoms with Crippen molar-refractivity contribution in [1.29, 1.82) is 0 Å². The van der Waals surface area contributed by atoms with Crippen molar-refractivity contribution in [2.24, 2.45) is 0 Å². The number of likely N-dealkylation sites (tertiary alicyclic amines) is 1. The molecule has 0 aliphatic carbocycles. The van der Waals surface area contributed by atoms with E-state index in [1.165, 1.54) is 0 Å². The second-order valence-corrected chi connectivity index (χ2v) is 7.55. The summed E-state index contributed by atoms with van der Waals surface area (Å²) >= 11 is 6.12. The number of aryl methyl sites for hydroxylation is 1. The normalized spacial score (nSPS) is 17.5. The first kappa shape index (κ1) is 18.0. The van der Waals surface area contributed by atoms with Gasteiger partial charge in [0.1, 0.15) is 17.3 Å². The van der Waals surface area contributed by atoms with Crippen molar-refractivity contribution in [3.63, 3.8) is 0 Å². The highest BCUT2D eigenvalue weighted by atomic mass is 35.5. The fraction of sp³-hybridized carbons (Fsp3) is 0.450. The van der Waals surface area contributed by atoms with Gasteiger partial charge in [-0.05, 0) is 38.0 Å². The Hall–Kier alpha value is -2.34. The van der Waals surface area contributed by atoms with Gasteiger partial charge in [-0.2, -0.15) is 0 Å². The van der Waals surface area contributed by atoms with Crippen molar-refractivity contribution in [2.45, 2.75) is 19.8 Å². The van der Waals surface area contributed by atoms with Gasteiger partial charge in [0.2, 0.25) is 0 Å². The molecule has 2 aromatic rings. The van der Waals surface area contributed by atoms with Crippen LogP contribution >= 0.6 is 11.6 Å². The molecule has 2 aliphatic heterocycles. The Labute approximate surface area is 164 Å². The zero-order valence-corrected chi connectivity index (χ0v) is 16.3. The topological polar surface area (TPSA) is 52.6 Å². The molecular formula is C20H24ClN5O. The Balaban J connectivity index is 1.47. The van der Waals surface area contributed by atoms with E-state index in [-0.39, 0.29) is 5.91 Å². The Bertz CT molecular complexity index is 829. The van der Waals surface area contributed by atoms with Crippen LogP contribution in [0.2, 0.25) is 5.02 Å². The highest BCUT2D eigenvalue weighted by Gasteiger charge is 2.24. The first-order chi connectivity index (χ1) is 13.1. The van der Waals surface area contributed by atoms with Crippen LogP contribution in [0.25, 0.3) is 0 Å². The van der Waals surface area contributed by atoms with E-state index >= 15 is 0 Å². The van der Waals surface area contributed by atoms with Crippen molar-refractivity contribution in [3.05, 3.63) is 46.9 Å². The van der Waals surface area contributed by atoms with Crippen LogP contribution in [0.1, 0.15) is 29.2 Å². The minimum Gasteiger partial charge on any atom is -0.368 e. The van der Waals surface area contributed by atoms with Crippen LogP contribution in [0, 0.1) is 6.92 Å². The number of halogens is 1. The number of anilines is 2. The lowest BCUT2D eigenvalue weighted by Crippen LogP contribution is -2.47. The van der Waals surface area contributed by atoms with Crippen LogP contribution in [0.15, 0.2) is 30.3 Å². The van der Waals surface area contributed by atoms with Crippen LogP contribution in [0.5, 0.6) is 0 Å². The summed E-state index contributed by atoms with van der Waals surface area (Å²) in [4.78, 5) is 28.1. The third-order valence-corrected chi connectivity index (χ3v) is 5.45. The molecule has 27 heavy (non-hydrogen) atoms. The molecule has 0 spiro atoms. The number of rotatable bonds is 3. The van der Waals surface area contributed by atoms with Crippen LogP contribution in [-0.2, 0) is 0 Å². The van der Waals surface area contributed by atoms with Gasteiger partial charge in [0, 0.05) is 56.0 Å². The van der Waals surface area contributed by atoms with Gasteiger partial charge < -0.3 is 14.7 Å². The van der Waals surface area contributed by atoms with Crippen LogP contribution < -0.4 is 9.80 Å². The third kappa shape index (κ3) is 4.00. The predicted molar refractivity (Wildman–Crippen MR) is 108 cm³/mol. The summed E-state index contributed by atoms with van der Waals surface area (Å²) in [5.41, 5.74) is 1.66. The van der Waals surface area contributed by atoms with E-state index < -0.39 is 0 Å². The summed E-state index contributed by atoms with van der Waals surface area (Å²) in [5, 5.41) is 0.756. The number of piperazine rings is 1. The molecule has 0 radical (unpaired) electrons. The maximum Gasteiger partial charge on any atom is 0.272 e. The van der Waals surface area contributed by atoms with Crippen LogP contribution in [0.4, 0.5) is 11.5 Å². The zero-order valence-electron chi connectivity index (χ0n) is 15.6. The molecule has 2 fully saturated rings. The molecule has 7 heteroatoms. The van der Waals surface area contributed by atoms with E-state index in [1.54, 1.807) is 0 Å². The molecule has 1 aromatic heterocycles. The predicted octanol–water partition coefficient (Wildman–Crippen LogP) is 3.00. The molecular weight excluding hydrogens is 362 g/mol. The number of hydrogen-bond donors (Lipinski definition) is 0. The summed E-state index contributed by atoms with van der Waals surface area (Å²) in [7, 11) is 0. The number of benzene rings is 1. The summed E-state index contributed by atoms with van der Waals surface area (Å²) in [6, 6.07) is 9.81. The van der Waals surface area contributed by atoms with Gasteiger partial charge in [-0.25, -0.2) is 9.97 Å². The molecule has 0 bridgehead atoms. The second-order valence-electron chi connectivity index (χ2n) is 7.11. The van der Waals surface area contributed by atoms with Crippen molar-refractivity contribution in [2.75, 3.05) is 49.1 Å². The lowest BCUT2D eigenvalue weighted by Gasteiger charge is -2.37. The summed E-state index contributed by atoms with van der Waals surface area (Å²) in [6.07, 6.45) is 2.16. The fourth-order valence-corrected chi connectivity index (χ4v) is 3.96. The number of amides is 1. The van der Waals surface area contributed by atoms with Gasteiger partial charge in [0.05, 0.1) is 0 Å². The lowest BCUT2D eigenvalue weighted by atomic mass is 10.2. The van der Waals surface area contributed by atoms with Crippen LogP contribution in [-0.4, -0.2) is 60.0 Å². The fourth-order valence-electron chi connectivity index (χ4n) is 3.77. The van der Waals surface area contributed by atoms with Gasteiger partial charge >= 0.3 is 0 Å². The molecule has 142 valence electrons. The van der Waals surface area contributed by atoms with Gasteiger partial charge in [0.25, 0.3) is 5.91 Å².